The molecule has 0 saturated carbocycles. The fraction of sp³-hybridized carbons (Fsp3) is 0.154. The molecule has 94 valence electrons. The number of benzene rings is 1. The molecule has 2 N–H and O–H groups in total. The summed E-state index contributed by atoms with van der Waals surface area (Å²) in [4.78, 5) is 12.8. The lowest BCUT2D eigenvalue weighted by atomic mass is 10.2. The summed E-state index contributed by atoms with van der Waals surface area (Å²) in [5.74, 6) is -1.10. The van der Waals surface area contributed by atoms with Gasteiger partial charge >= 0.3 is 5.97 Å². The summed E-state index contributed by atoms with van der Waals surface area (Å²) in [5.41, 5.74) is 5.88. The third kappa shape index (κ3) is 3.07. The van der Waals surface area contributed by atoms with Crippen LogP contribution in [0, 0.1) is 5.82 Å². The minimum atomic E-state index is -0.594. The number of ether oxygens (including phenoxy) is 1. The number of carbonyl (C=O) groups is 1. The van der Waals surface area contributed by atoms with Crippen LogP contribution in [0.3, 0.4) is 0 Å². The summed E-state index contributed by atoms with van der Waals surface area (Å²) in [6.45, 7) is 0.259. The first kappa shape index (κ1) is 12.6. The smallest absolute Gasteiger partial charge is 0.340 e. The van der Waals surface area contributed by atoms with Gasteiger partial charge in [0.1, 0.15) is 5.82 Å². The summed E-state index contributed by atoms with van der Waals surface area (Å²) in [6.07, 6.45) is 0.651. The highest BCUT2D eigenvalue weighted by Crippen LogP contribution is 2.15. The molecule has 0 unspecified atom stereocenters. The first-order valence-corrected chi connectivity index (χ1v) is 6.29. The van der Waals surface area contributed by atoms with E-state index >= 15 is 0 Å². The van der Waals surface area contributed by atoms with Gasteiger partial charge in [-0.1, -0.05) is 6.07 Å². The van der Waals surface area contributed by atoms with E-state index in [1.54, 1.807) is 11.3 Å². The van der Waals surface area contributed by atoms with Gasteiger partial charge in [-0.25, -0.2) is 9.18 Å². The first-order valence-electron chi connectivity index (χ1n) is 5.41. The van der Waals surface area contributed by atoms with Crippen LogP contribution in [0.1, 0.15) is 15.2 Å². The van der Waals surface area contributed by atoms with Crippen LogP contribution in [0.2, 0.25) is 0 Å². The van der Waals surface area contributed by atoms with E-state index in [4.69, 9.17) is 10.5 Å². The van der Waals surface area contributed by atoms with Crippen molar-refractivity contribution in [1.82, 2.24) is 0 Å². The number of hydrogen-bond acceptors (Lipinski definition) is 4. The molecule has 0 aliphatic rings. The summed E-state index contributed by atoms with van der Waals surface area (Å²) in [6, 6.07) is 7.55. The molecular formula is C13H12FNO2S. The first-order chi connectivity index (χ1) is 8.66. The fourth-order valence-electron chi connectivity index (χ4n) is 1.48. The normalized spacial score (nSPS) is 10.3. The molecule has 0 aliphatic heterocycles. The molecule has 1 aromatic heterocycles. The van der Waals surface area contributed by atoms with Crippen LogP contribution in [0.25, 0.3) is 0 Å². The van der Waals surface area contributed by atoms with Gasteiger partial charge in [-0.2, -0.15) is 0 Å². The lowest BCUT2D eigenvalue weighted by Crippen LogP contribution is -2.10. The third-order valence-corrected chi connectivity index (χ3v) is 3.33. The number of nitrogens with two attached hydrogens (primary N) is 1. The van der Waals surface area contributed by atoms with Gasteiger partial charge < -0.3 is 10.5 Å². The number of esters is 1. The predicted octanol–water partition coefficient (Wildman–Crippen LogP) is 2.87. The van der Waals surface area contributed by atoms with Crippen LogP contribution in [-0.4, -0.2) is 12.6 Å². The molecular weight excluding hydrogens is 253 g/mol. The number of thiophene rings is 1. The average molecular weight is 265 g/mol. The highest BCUT2D eigenvalue weighted by atomic mass is 32.1. The maximum absolute atomic E-state index is 13.0. The lowest BCUT2D eigenvalue weighted by molar-refractivity contribution is 0.0510. The Balaban J connectivity index is 1.93. The Bertz CT molecular complexity index is 540. The molecule has 0 saturated heterocycles. The molecule has 0 aliphatic carbocycles. The van der Waals surface area contributed by atoms with Crippen molar-refractivity contribution in [2.45, 2.75) is 6.42 Å². The van der Waals surface area contributed by atoms with Gasteiger partial charge in [0.2, 0.25) is 0 Å². The van der Waals surface area contributed by atoms with Gasteiger partial charge in [0, 0.05) is 17.0 Å². The second kappa shape index (κ2) is 5.64. The van der Waals surface area contributed by atoms with Gasteiger partial charge in [-0.15, -0.1) is 11.3 Å². The maximum Gasteiger partial charge on any atom is 0.340 e. The minimum absolute atomic E-state index is 0.0705. The Morgan fingerprint density at radius 2 is 2.22 bits per heavy atom. The predicted molar refractivity (Wildman–Crippen MR) is 69.1 cm³/mol. The fourth-order valence-corrected chi connectivity index (χ4v) is 2.17. The molecule has 0 bridgehead atoms. The molecule has 1 aromatic carbocycles. The maximum atomic E-state index is 13.0. The summed E-state index contributed by atoms with van der Waals surface area (Å²) in [5, 5.41) is 1.96. The van der Waals surface area contributed by atoms with Crippen LogP contribution < -0.4 is 5.73 Å². The number of anilines is 1. The van der Waals surface area contributed by atoms with Crippen molar-refractivity contribution in [1.29, 1.82) is 0 Å². The lowest BCUT2D eigenvalue weighted by Gasteiger charge is -2.06. The molecule has 1 heterocycles. The van der Waals surface area contributed by atoms with Gasteiger partial charge in [0.15, 0.2) is 0 Å². The monoisotopic (exact) mass is 265 g/mol. The average Bonchev–Trinajstić information content (AvgIpc) is 2.85. The van der Waals surface area contributed by atoms with E-state index in [2.05, 4.69) is 0 Å². The molecule has 0 atom stereocenters. The van der Waals surface area contributed by atoms with Crippen molar-refractivity contribution in [3.05, 3.63) is 52.0 Å². The van der Waals surface area contributed by atoms with Crippen molar-refractivity contribution < 1.29 is 13.9 Å². The van der Waals surface area contributed by atoms with Crippen molar-refractivity contribution in [2.24, 2.45) is 0 Å². The Hall–Kier alpha value is -1.88. The standard InChI is InChI=1S/C13H12FNO2S/c14-9-3-4-12(15)11(8-9)13(16)17-6-5-10-2-1-7-18-10/h1-4,7-8H,5-6,15H2. The van der Waals surface area contributed by atoms with Crippen molar-refractivity contribution >= 4 is 23.0 Å². The van der Waals surface area contributed by atoms with Gasteiger partial charge in [0.25, 0.3) is 0 Å². The van der Waals surface area contributed by atoms with E-state index in [1.807, 2.05) is 17.5 Å². The quantitative estimate of drug-likeness (QED) is 0.683. The molecule has 5 heteroatoms. The van der Waals surface area contributed by atoms with Crippen LogP contribution in [0.4, 0.5) is 10.1 Å². The van der Waals surface area contributed by atoms with Gasteiger partial charge in [0.05, 0.1) is 12.2 Å². The van der Waals surface area contributed by atoms with Crippen LogP contribution in [-0.2, 0) is 11.2 Å². The summed E-state index contributed by atoms with van der Waals surface area (Å²) < 4.78 is 18.0. The van der Waals surface area contributed by atoms with Crippen LogP contribution >= 0.6 is 11.3 Å². The zero-order valence-electron chi connectivity index (χ0n) is 9.56. The van der Waals surface area contributed by atoms with Crippen molar-refractivity contribution in [3.63, 3.8) is 0 Å². The minimum Gasteiger partial charge on any atom is -0.462 e. The molecule has 0 amide bonds. The molecule has 0 radical (unpaired) electrons. The molecule has 18 heavy (non-hydrogen) atoms. The second-order valence-corrected chi connectivity index (χ2v) is 4.73. The topological polar surface area (TPSA) is 52.3 Å². The number of nitrogen functional groups attached to an aromatic ring is 1. The Morgan fingerprint density at radius 1 is 1.39 bits per heavy atom. The Morgan fingerprint density at radius 3 is 2.94 bits per heavy atom. The zero-order valence-corrected chi connectivity index (χ0v) is 10.4. The van der Waals surface area contributed by atoms with E-state index in [0.29, 0.717) is 6.42 Å². The Labute approximate surface area is 108 Å². The second-order valence-electron chi connectivity index (χ2n) is 3.70. The number of hydrogen-bond donors (Lipinski definition) is 1. The van der Waals surface area contributed by atoms with Crippen molar-refractivity contribution in [3.8, 4) is 0 Å². The molecule has 0 fully saturated rings. The number of carbonyl (C=O) groups excluding carboxylic acids is 1. The molecule has 3 nitrogen and oxygen atoms in total. The molecule has 2 aromatic rings. The van der Waals surface area contributed by atoms with Crippen LogP contribution in [0.15, 0.2) is 35.7 Å². The summed E-state index contributed by atoms with van der Waals surface area (Å²) in [7, 11) is 0. The van der Waals surface area contributed by atoms with E-state index in [9.17, 15) is 9.18 Å². The van der Waals surface area contributed by atoms with Gasteiger partial charge in [-0.05, 0) is 29.6 Å². The third-order valence-electron chi connectivity index (χ3n) is 2.40. The van der Waals surface area contributed by atoms with E-state index < -0.39 is 11.8 Å². The van der Waals surface area contributed by atoms with Crippen LogP contribution in [0.5, 0.6) is 0 Å². The highest BCUT2D eigenvalue weighted by Gasteiger charge is 2.12. The van der Waals surface area contributed by atoms with E-state index in [1.165, 1.54) is 12.1 Å². The SMILES string of the molecule is Nc1ccc(F)cc1C(=O)OCCc1cccs1. The van der Waals surface area contributed by atoms with E-state index in [-0.39, 0.29) is 17.9 Å². The zero-order chi connectivity index (χ0) is 13.0. The largest absolute Gasteiger partial charge is 0.462 e. The Kier molecular flexibility index (Phi) is 3.94. The van der Waals surface area contributed by atoms with Crippen molar-refractivity contribution in [2.75, 3.05) is 12.3 Å². The highest BCUT2D eigenvalue weighted by molar-refractivity contribution is 7.09. The van der Waals surface area contributed by atoms with Gasteiger partial charge in [-0.3, -0.25) is 0 Å². The number of halogens is 1. The molecule has 2 rings (SSSR count). The summed E-state index contributed by atoms with van der Waals surface area (Å²) >= 11 is 1.60. The van der Waals surface area contributed by atoms with E-state index in [0.717, 1.165) is 10.9 Å². The number of rotatable bonds is 4. The molecule has 0 spiro atoms.